The molecule has 5 nitrogen and oxygen atoms in total. The van der Waals surface area contributed by atoms with Crippen LogP contribution >= 0.6 is 0 Å². The fourth-order valence-corrected chi connectivity index (χ4v) is 9.24. The lowest BCUT2D eigenvalue weighted by Gasteiger charge is -2.29. The molecular formula is C54H35N5. The molecule has 1 aliphatic heterocycles. The molecule has 5 heteroatoms. The van der Waals surface area contributed by atoms with Crippen molar-refractivity contribution in [3.63, 3.8) is 0 Å². The van der Waals surface area contributed by atoms with Crippen LogP contribution in [0, 0.1) is 0 Å². The number of aromatic nitrogens is 4. The van der Waals surface area contributed by atoms with E-state index in [0.717, 1.165) is 73.1 Å². The molecule has 12 rings (SSSR count). The molecule has 0 fully saturated rings. The number of fused-ring (bicyclic) bond motifs is 10. The molecular weight excluding hydrogens is 719 g/mol. The molecule has 0 spiro atoms. The van der Waals surface area contributed by atoms with Crippen LogP contribution in [-0.2, 0) is 0 Å². The second-order valence-corrected chi connectivity index (χ2v) is 15.0. The molecule has 0 N–H and O–H groups in total. The summed E-state index contributed by atoms with van der Waals surface area (Å²) in [5.74, 6) is 0. The largest absolute Gasteiger partial charge is 0.309 e. The van der Waals surface area contributed by atoms with Gasteiger partial charge in [0.05, 0.1) is 56.9 Å². The van der Waals surface area contributed by atoms with Crippen molar-refractivity contribution >= 4 is 49.8 Å². The van der Waals surface area contributed by atoms with Crippen molar-refractivity contribution in [3.8, 4) is 56.3 Å². The highest BCUT2D eigenvalue weighted by Gasteiger charge is 2.33. The summed E-state index contributed by atoms with van der Waals surface area (Å²) in [6.07, 6.45) is 3.96. The monoisotopic (exact) mass is 753 g/mol. The van der Waals surface area contributed by atoms with Crippen molar-refractivity contribution in [2.75, 3.05) is 4.90 Å². The highest BCUT2D eigenvalue weighted by Crippen LogP contribution is 2.56. The average molecular weight is 754 g/mol. The van der Waals surface area contributed by atoms with Gasteiger partial charge in [-0.1, -0.05) is 133 Å². The average Bonchev–Trinajstić information content (AvgIpc) is 3.79. The maximum Gasteiger partial charge on any atom is 0.0887 e. The molecule has 0 unspecified atom stereocenters. The molecule has 0 bridgehead atoms. The summed E-state index contributed by atoms with van der Waals surface area (Å²) >= 11 is 0. The Hall–Kier alpha value is -8.02. The van der Waals surface area contributed by atoms with Gasteiger partial charge in [0.25, 0.3) is 0 Å². The van der Waals surface area contributed by atoms with Crippen LogP contribution in [-0.4, -0.2) is 19.1 Å². The minimum Gasteiger partial charge on any atom is -0.309 e. The van der Waals surface area contributed by atoms with E-state index in [-0.39, 0.29) is 0 Å². The molecule has 0 radical (unpaired) electrons. The third-order valence-corrected chi connectivity index (χ3v) is 11.8. The summed E-state index contributed by atoms with van der Waals surface area (Å²) in [4.78, 5) is 12.5. The first kappa shape index (κ1) is 33.2. The molecule has 59 heavy (non-hydrogen) atoms. The molecule has 11 aromatic rings. The Morgan fingerprint density at radius 1 is 0.339 bits per heavy atom. The van der Waals surface area contributed by atoms with Gasteiger partial charge in [0.15, 0.2) is 0 Å². The number of benzene rings is 7. The highest BCUT2D eigenvalue weighted by atomic mass is 15.2. The second-order valence-electron chi connectivity index (χ2n) is 15.0. The van der Waals surface area contributed by atoms with Crippen LogP contribution in [0.1, 0.15) is 0 Å². The maximum absolute atomic E-state index is 5.08. The second kappa shape index (κ2) is 13.3. The third-order valence-electron chi connectivity index (χ3n) is 11.8. The van der Waals surface area contributed by atoms with E-state index in [2.05, 4.69) is 214 Å². The first-order valence-electron chi connectivity index (χ1n) is 20.0. The van der Waals surface area contributed by atoms with Gasteiger partial charge < -0.3 is 14.0 Å². The number of rotatable bonds is 5. The molecule has 5 heterocycles. The summed E-state index contributed by atoms with van der Waals surface area (Å²) in [5.41, 5.74) is 17.4. The van der Waals surface area contributed by atoms with Gasteiger partial charge in [-0.05, 0) is 66.7 Å². The van der Waals surface area contributed by atoms with Crippen LogP contribution < -0.4 is 4.90 Å². The van der Waals surface area contributed by atoms with Crippen LogP contribution in [0.5, 0.6) is 0 Å². The quantitative estimate of drug-likeness (QED) is 0.176. The maximum atomic E-state index is 5.08. The van der Waals surface area contributed by atoms with E-state index in [1.807, 2.05) is 12.4 Å². The van der Waals surface area contributed by atoms with Crippen molar-refractivity contribution in [2.24, 2.45) is 0 Å². The zero-order valence-corrected chi connectivity index (χ0v) is 31.9. The summed E-state index contributed by atoms with van der Waals surface area (Å²) in [6.45, 7) is 0. The van der Waals surface area contributed by atoms with Gasteiger partial charge in [-0.15, -0.1) is 0 Å². The Labute approximate surface area is 341 Å². The number of hydrogen-bond donors (Lipinski definition) is 0. The van der Waals surface area contributed by atoms with E-state index in [1.54, 1.807) is 0 Å². The van der Waals surface area contributed by atoms with E-state index in [9.17, 15) is 0 Å². The zero-order chi connectivity index (χ0) is 38.9. The Balaban J connectivity index is 1.03. The summed E-state index contributed by atoms with van der Waals surface area (Å²) < 4.78 is 4.72. The summed E-state index contributed by atoms with van der Waals surface area (Å²) in [7, 11) is 0. The SMILES string of the molecule is c1ccc(N2c3ccccc3-c3c(c4ccccc4n3-c3ccccc3)-c3cccc(-c4ccc(-c5ccc(-n6c7ccccc7c7ccccc76)cn5)nc4)c32)cc1. The van der Waals surface area contributed by atoms with Crippen molar-refractivity contribution < 1.29 is 0 Å². The Kier molecular flexibility index (Phi) is 7.47. The van der Waals surface area contributed by atoms with Gasteiger partial charge in [0.2, 0.25) is 0 Å². The first-order valence-corrected chi connectivity index (χ1v) is 20.0. The third kappa shape index (κ3) is 5.12. The fraction of sp³-hybridized carbons (Fsp3) is 0. The van der Waals surface area contributed by atoms with Gasteiger partial charge in [-0.25, -0.2) is 0 Å². The van der Waals surface area contributed by atoms with Gasteiger partial charge in [0, 0.05) is 61.5 Å². The standard InChI is InChI=1S/C54H35N5/c1-3-16-37(17-4-1)58-51-29-14-10-23-44(51)54-52(43-22-9-13-28-50(43)59(54)38-18-5-2-6-19-38)45-25-15-24-40(53(45)58)36-30-32-46(55-34-36)47-33-31-39(35-56-47)57-48-26-11-7-20-41(48)42-21-8-12-27-49(42)57/h1-35H. The van der Waals surface area contributed by atoms with E-state index in [1.165, 1.54) is 32.9 Å². The van der Waals surface area contributed by atoms with Crippen LogP contribution in [0.3, 0.4) is 0 Å². The highest BCUT2D eigenvalue weighted by molar-refractivity contribution is 6.15. The molecule has 0 aliphatic carbocycles. The van der Waals surface area contributed by atoms with Gasteiger partial charge in [-0.2, -0.15) is 0 Å². The molecule has 276 valence electrons. The lowest BCUT2D eigenvalue weighted by Crippen LogP contribution is -2.12. The lowest BCUT2D eigenvalue weighted by molar-refractivity contribution is 1.13. The van der Waals surface area contributed by atoms with E-state index < -0.39 is 0 Å². The number of para-hydroxylation sites is 7. The number of hydrogen-bond acceptors (Lipinski definition) is 3. The van der Waals surface area contributed by atoms with Crippen molar-refractivity contribution in [2.45, 2.75) is 0 Å². The molecule has 4 aromatic heterocycles. The first-order chi connectivity index (χ1) is 29.3. The van der Waals surface area contributed by atoms with Gasteiger partial charge in [-0.3, -0.25) is 9.97 Å². The lowest BCUT2D eigenvalue weighted by atomic mass is 9.94. The Morgan fingerprint density at radius 2 is 0.881 bits per heavy atom. The molecule has 0 amide bonds. The van der Waals surface area contributed by atoms with E-state index in [4.69, 9.17) is 9.97 Å². The Morgan fingerprint density at radius 3 is 1.54 bits per heavy atom. The van der Waals surface area contributed by atoms with Crippen LogP contribution in [0.4, 0.5) is 17.1 Å². The van der Waals surface area contributed by atoms with Crippen molar-refractivity contribution in [1.29, 1.82) is 0 Å². The molecule has 7 aromatic carbocycles. The van der Waals surface area contributed by atoms with Gasteiger partial charge in [0.1, 0.15) is 0 Å². The summed E-state index contributed by atoms with van der Waals surface area (Å²) in [5, 5.41) is 3.67. The number of anilines is 3. The number of nitrogens with zero attached hydrogens (tertiary/aromatic N) is 5. The van der Waals surface area contributed by atoms with E-state index in [0.29, 0.717) is 0 Å². The van der Waals surface area contributed by atoms with Crippen molar-refractivity contribution in [3.05, 3.63) is 213 Å². The Bertz CT molecular complexity index is 3310. The van der Waals surface area contributed by atoms with Crippen LogP contribution in [0.2, 0.25) is 0 Å². The topological polar surface area (TPSA) is 38.9 Å². The van der Waals surface area contributed by atoms with Crippen LogP contribution in [0.25, 0.3) is 89.0 Å². The molecule has 0 saturated carbocycles. The number of pyridine rings is 2. The molecule has 0 atom stereocenters. The minimum atomic E-state index is 0.822. The summed E-state index contributed by atoms with van der Waals surface area (Å²) in [6, 6.07) is 71.4. The predicted octanol–water partition coefficient (Wildman–Crippen LogP) is 14.0. The smallest absolute Gasteiger partial charge is 0.0887 e. The van der Waals surface area contributed by atoms with Crippen molar-refractivity contribution in [1.82, 2.24) is 19.1 Å². The predicted molar refractivity (Wildman–Crippen MR) is 243 cm³/mol. The minimum absolute atomic E-state index is 0.822. The zero-order valence-electron chi connectivity index (χ0n) is 31.9. The van der Waals surface area contributed by atoms with Gasteiger partial charge >= 0.3 is 0 Å². The van der Waals surface area contributed by atoms with Crippen LogP contribution in [0.15, 0.2) is 213 Å². The molecule has 1 aliphatic rings. The van der Waals surface area contributed by atoms with E-state index >= 15 is 0 Å². The fourth-order valence-electron chi connectivity index (χ4n) is 9.24. The normalized spacial score (nSPS) is 12.0. The molecule has 0 saturated heterocycles.